The zero-order valence-electron chi connectivity index (χ0n) is 9.95. The van der Waals surface area contributed by atoms with Gasteiger partial charge in [-0.05, 0) is 0 Å². The normalized spacial score (nSPS) is 10.3. The maximum absolute atomic E-state index is 11.7. The van der Waals surface area contributed by atoms with Crippen LogP contribution in [0.15, 0.2) is 30.3 Å². The van der Waals surface area contributed by atoms with E-state index in [0.29, 0.717) is 4.68 Å². The van der Waals surface area contributed by atoms with Gasteiger partial charge in [-0.3, -0.25) is 0 Å². The molecule has 0 bridgehead atoms. The van der Waals surface area contributed by atoms with Crippen molar-refractivity contribution in [2.45, 2.75) is 45.4 Å². The molecule has 0 N–H and O–H groups in total. The zero-order valence-corrected chi connectivity index (χ0v) is 11.7. The predicted octanol–water partition coefficient (Wildman–Crippen LogP) is 2.90. The van der Waals surface area contributed by atoms with Crippen molar-refractivity contribution in [3.63, 3.8) is 0 Å². The van der Waals surface area contributed by atoms with Gasteiger partial charge in [-0.2, -0.15) is 0 Å². The third-order valence-electron chi connectivity index (χ3n) is 2.46. The predicted molar refractivity (Wildman–Crippen MR) is 70.2 cm³/mol. The summed E-state index contributed by atoms with van der Waals surface area (Å²) in [6.07, 6.45) is 6.92. The molecule has 0 spiro atoms. The average molecular weight is 283 g/mol. The number of hydrogen-bond donors (Lipinski definition) is 0. The molecule has 88 valence electrons. The molecule has 0 fully saturated rings. The van der Waals surface area contributed by atoms with E-state index in [9.17, 15) is 4.79 Å². The molecule has 0 atom stereocenters. The average Bonchev–Trinajstić information content (AvgIpc) is 2.30. The van der Waals surface area contributed by atoms with Gasteiger partial charge in [-0.25, -0.2) is 0 Å². The second-order valence-corrected chi connectivity index (χ2v) is 6.32. The fraction of sp³-hybridized carbons (Fsp3) is 0.500. The van der Waals surface area contributed by atoms with Crippen LogP contribution >= 0.6 is 0 Å². The summed E-state index contributed by atoms with van der Waals surface area (Å²) in [6, 6.07) is 10.1. The zero-order chi connectivity index (χ0) is 11.6. The fourth-order valence-electron chi connectivity index (χ4n) is 1.54. The van der Waals surface area contributed by atoms with Crippen LogP contribution in [-0.2, 0) is 4.79 Å². The van der Waals surface area contributed by atoms with Gasteiger partial charge in [-0.1, -0.05) is 0 Å². The Balaban J connectivity index is 2.12. The number of carbonyl (C=O) groups excluding carboxylic acids is 1. The standard InChI is InChI=1S/C14H20OSe/c1-2-3-4-5-9-12-14(15)16-13-10-7-6-8-11-13/h6-8,10-11H,2-5,9,12H2,1H3. The van der Waals surface area contributed by atoms with Gasteiger partial charge in [0.1, 0.15) is 0 Å². The van der Waals surface area contributed by atoms with E-state index in [-0.39, 0.29) is 15.0 Å². The van der Waals surface area contributed by atoms with E-state index in [2.05, 4.69) is 19.1 Å². The van der Waals surface area contributed by atoms with Crippen molar-refractivity contribution in [3.8, 4) is 0 Å². The van der Waals surface area contributed by atoms with E-state index in [1.165, 1.54) is 30.1 Å². The molecule has 1 nitrogen and oxygen atoms in total. The Morgan fingerprint density at radius 3 is 2.44 bits per heavy atom. The minimum atomic E-state index is 0.0337. The quantitative estimate of drug-likeness (QED) is 0.529. The van der Waals surface area contributed by atoms with E-state index >= 15 is 0 Å². The molecule has 0 aromatic heterocycles. The molecular weight excluding hydrogens is 263 g/mol. The first-order valence-electron chi connectivity index (χ1n) is 6.08. The van der Waals surface area contributed by atoms with E-state index in [4.69, 9.17) is 0 Å². The van der Waals surface area contributed by atoms with Crippen LogP contribution in [0.2, 0.25) is 0 Å². The molecule has 0 amide bonds. The molecule has 0 heterocycles. The van der Waals surface area contributed by atoms with Crippen molar-refractivity contribution in [3.05, 3.63) is 30.3 Å². The Labute approximate surface area is 105 Å². The minimum absolute atomic E-state index is 0.0337. The van der Waals surface area contributed by atoms with Gasteiger partial charge in [-0.15, -0.1) is 0 Å². The molecule has 1 aromatic rings. The summed E-state index contributed by atoms with van der Waals surface area (Å²) in [4.78, 5) is 11.7. The molecule has 2 heteroatoms. The van der Waals surface area contributed by atoms with Crippen molar-refractivity contribution in [1.29, 1.82) is 0 Å². The van der Waals surface area contributed by atoms with Crippen molar-refractivity contribution >= 4 is 24.1 Å². The van der Waals surface area contributed by atoms with Gasteiger partial charge in [0.05, 0.1) is 0 Å². The van der Waals surface area contributed by atoms with Crippen LogP contribution in [-0.4, -0.2) is 19.6 Å². The molecule has 0 aliphatic carbocycles. The first kappa shape index (κ1) is 13.5. The van der Waals surface area contributed by atoms with Gasteiger partial charge < -0.3 is 0 Å². The van der Waals surface area contributed by atoms with Crippen LogP contribution in [0.25, 0.3) is 0 Å². The molecule has 0 saturated carbocycles. The van der Waals surface area contributed by atoms with E-state index in [0.717, 1.165) is 12.8 Å². The van der Waals surface area contributed by atoms with Crippen molar-refractivity contribution < 1.29 is 4.79 Å². The van der Waals surface area contributed by atoms with Crippen LogP contribution in [0, 0.1) is 0 Å². The number of benzene rings is 1. The molecule has 0 saturated heterocycles. The third kappa shape index (κ3) is 6.09. The Morgan fingerprint density at radius 1 is 1.06 bits per heavy atom. The molecule has 1 aromatic carbocycles. The van der Waals surface area contributed by atoms with Gasteiger partial charge in [0.2, 0.25) is 0 Å². The fourth-order valence-corrected chi connectivity index (χ4v) is 3.23. The van der Waals surface area contributed by atoms with E-state index in [1.807, 2.05) is 18.2 Å². The van der Waals surface area contributed by atoms with Gasteiger partial charge in [0.25, 0.3) is 0 Å². The Hall–Kier alpha value is -0.591. The van der Waals surface area contributed by atoms with E-state index in [1.54, 1.807) is 0 Å². The summed E-state index contributed by atoms with van der Waals surface area (Å²) < 4.78 is 1.64. The monoisotopic (exact) mass is 284 g/mol. The topological polar surface area (TPSA) is 17.1 Å². The number of rotatable bonds is 8. The van der Waals surface area contributed by atoms with Crippen LogP contribution in [0.5, 0.6) is 0 Å². The summed E-state index contributed by atoms with van der Waals surface area (Å²) in [7, 11) is 0. The van der Waals surface area contributed by atoms with Gasteiger partial charge >= 0.3 is 105 Å². The summed E-state index contributed by atoms with van der Waals surface area (Å²) in [5.41, 5.74) is 0. The summed E-state index contributed by atoms with van der Waals surface area (Å²) in [6.45, 7) is 2.21. The summed E-state index contributed by atoms with van der Waals surface area (Å²) >= 11 is 0.0337. The third-order valence-corrected chi connectivity index (χ3v) is 4.43. The van der Waals surface area contributed by atoms with Crippen LogP contribution in [0.3, 0.4) is 0 Å². The Bertz CT molecular complexity index is 295. The molecule has 16 heavy (non-hydrogen) atoms. The van der Waals surface area contributed by atoms with Crippen LogP contribution in [0.4, 0.5) is 0 Å². The van der Waals surface area contributed by atoms with Crippen molar-refractivity contribution in [2.24, 2.45) is 0 Å². The van der Waals surface area contributed by atoms with Gasteiger partial charge in [0, 0.05) is 0 Å². The van der Waals surface area contributed by atoms with Crippen molar-refractivity contribution in [2.75, 3.05) is 0 Å². The first-order chi connectivity index (χ1) is 7.83. The summed E-state index contributed by atoms with van der Waals surface area (Å²) in [5, 5.41) is 0. The molecule has 0 radical (unpaired) electrons. The maximum atomic E-state index is 11.7. The SMILES string of the molecule is CCCCCCCC(=O)[Se]c1ccccc1. The van der Waals surface area contributed by atoms with E-state index < -0.39 is 0 Å². The molecule has 0 unspecified atom stereocenters. The van der Waals surface area contributed by atoms with Crippen molar-refractivity contribution in [1.82, 2.24) is 0 Å². The molecule has 1 rings (SSSR count). The second kappa shape index (κ2) is 8.55. The number of hydrogen-bond acceptors (Lipinski definition) is 1. The van der Waals surface area contributed by atoms with Crippen LogP contribution < -0.4 is 4.46 Å². The molecular formula is C14H20OSe. The summed E-state index contributed by atoms with van der Waals surface area (Å²) in [5.74, 6) is 0. The van der Waals surface area contributed by atoms with Crippen LogP contribution in [0.1, 0.15) is 45.4 Å². The number of carbonyl (C=O) groups is 1. The molecule has 0 aliphatic rings. The first-order valence-corrected chi connectivity index (χ1v) is 7.80. The molecule has 0 aliphatic heterocycles. The Morgan fingerprint density at radius 2 is 1.75 bits per heavy atom. The van der Waals surface area contributed by atoms with Gasteiger partial charge in [0.15, 0.2) is 0 Å². The second-order valence-electron chi connectivity index (χ2n) is 3.95. The Kier molecular flexibility index (Phi) is 7.20. The number of unbranched alkanes of at least 4 members (excludes halogenated alkanes) is 4.